The number of benzene rings is 1. The Hall–Kier alpha value is -1.06. The van der Waals surface area contributed by atoms with E-state index in [-0.39, 0.29) is 6.04 Å². The molecule has 94 valence electrons. The molecule has 2 unspecified atom stereocenters. The lowest BCUT2D eigenvalue weighted by Gasteiger charge is -2.21. The first kappa shape index (κ1) is 12.4. The Kier molecular flexibility index (Phi) is 4.02. The molecule has 1 heterocycles. The standard InChI is InChI=1S/C14H21NO2/c1-10-4-5-13(14(8-10)16-3)11(2)15-12-6-7-17-9-12/h4-5,8,11-12,15H,6-7,9H2,1-3H3. The molecule has 0 saturated carbocycles. The predicted molar refractivity (Wildman–Crippen MR) is 68.5 cm³/mol. The van der Waals surface area contributed by atoms with Gasteiger partial charge in [-0.05, 0) is 31.9 Å². The van der Waals surface area contributed by atoms with E-state index in [1.165, 1.54) is 11.1 Å². The predicted octanol–water partition coefficient (Wildman–Crippen LogP) is 2.44. The fourth-order valence-corrected chi connectivity index (χ4v) is 2.29. The molecule has 3 heteroatoms. The summed E-state index contributed by atoms with van der Waals surface area (Å²) < 4.78 is 10.8. The maximum absolute atomic E-state index is 5.44. The SMILES string of the molecule is COc1cc(C)ccc1C(C)NC1CCOC1. The Bertz CT molecular complexity index is 372. The third-order valence-corrected chi connectivity index (χ3v) is 3.27. The first-order valence-electron chi connectivity index (χ1n) is 6.19. The van der Waals surface area contributed by atoms with Crippen molar-refractivity contribution in [2.75, 3.05) is 20.3 Å². The van der Waals surface area contributed by atoms with Gasteiger partial charge in [0, 0.05) is 24.3 Å². The molecule has 1 saturated heterocycles. The summed E-state index contributed by atoms with van der Waals surface area (Å²) in [6.45, 7) is 5.94. The lowest BCUT2D eigenvalue weighted by Crippen LogP contribution is -2.31. The maximum atomic E-state index is 5.44. The summed E-state index contributed by atoms with van der Waals surface area (Å²) in [4.78, 5) is 0. The van der Waals surface area contributed by atoms with E-state index in [4.69, 9.17) is 9.47 Å². The molecule has 0 bridgehead atoms. The topological polar surface area (TPSA) is 30.5 Å². The van der Waals surface area contributed by atoms with E-state index in [2.05, 4.69) is 37.4 Å². The molecule has 0 spiro atoms. The van der Waals surface area contributed by atoms with Crippen molar-refractivity contribution in [3.63, 3.8) is 0 Å². The van der Waals surface area contributed by atoms with Crippen LogP contribution in [-0.4, -0.2) is 26.4 Å². The summed E-state index contributed by atoms with van der Waals surface area (Å²) in [6.07, 6.45) is 1.10. The Balaban J connectivity index is 2.09. The smallest absolute Gasteiger partial charge is 0.123 e. The molecule has 0 aliphatic carbocycles. The van der Waals surface area contributed by atoms with Crippen LogP contribution in [0.25, 0.3) is 0 Å². The van der Waals surface area contributed by atoms with Crippen LogP contribution in [0.4, 0.5) is 0 Å². The number of aryl methyl sites for hydroxylation is 1. The molecule has 1 aliphatic rings. The van der Waals surface area contributed by atoms with Crippen LogP contribution in [-0.2, 0) is 4.74 Å². The summed E-state index contributed by atoms with van der Waals surface area (Å²) >= 11 is 0. The minimum absolute atomic E-state index is 0.289. The van der Waals surface area contributed by atoms with E-state index in [1.54, 1.807) is 7.11 Å². The lowest BCUT2D eigenvalue weighted by molar-refractivity contribution is 0.188. The van der Waals surface area contributed by atoms with Crippen LogP contribution >= 0.6 is 0 Å². The fourth-order valence-electron chi connectivity index (χ4n) is 2.29. The zero-order valence-electron chi connectivity index (χ0n) is 10.8. The van der Waals surface area contributed by atoms with Gasteiger partial charge in [-0.1, -0.05) is 12.1 Å². The highest BCUT2D eigenvalue weighted by atomic mass is 16.5. The van der Waals surface area contributed by atoms with E-state index in [1.807, 2.05) is 0 Å². The summed E-state index contributed by atoms with van der Waals surface area (Å²) in [7, 11) is 1.73. The fraction of sp³-hybridized carbons (Fsp3) is 0.571. The van der Waals surface area contributed by atoms with E-state index in [0.717, 1.165) is 25.4 Å². The molecular formula is C14H21NO2. The highest BCUT2D eigenvalue weighted by molar-refractivity contribution is 5.39. The van der Waals surface area contributed by atoms with Crippen LogP contribution < -0.4 is 10.1 Å². The average Bonchev–Trinajstić information content (AvgIpc) is 2.81. The van der Waals surface area contributed by atoms with Gasteiger partial charge in [-0.25, -0.2) is 0 Å². The van der Waals surface area contributed by atoms with Gasteiger partial charge in [0.15, 0.2) is 0 Å². The first-order valence-corrected chi connectivity index (χ1v) is 6.19. The molecule has 3 nitrogen and oxygen atoms in total. The Morgan fingerprint density at radius 2 is 2.29 bits per heavy atom. The summed E-state index contributed by atoms with van der Waals surface area (Å²) in [5, 5.41) is 3.58. The molecule has 2 rings (SSSR count). The Morgan fingerprint density at radius 1 is 1.47 bits per heavy atom. The van der Waals surface area contributed by atoms with Crippen LogP contribution in [0.2, 0.25) is 0 Å². The lowest BCUT2D eigenvalue weighted by atomic mass is 10.0. The largest absolute Gasteiger partial charge is 0.496 e. The molecule has 1 fully saturated rings. The van der Waals surface area contributed by atoms with Crippen molar-refractivity contribution >= 4 is 0 Å². The summed E-state index contributed by atoms with van der Waals surface area (Å²) in [5.41, 5.74) is 2.44. The quantitative estimate of drug-likeness (QED) is 0.869. The van der Waals surface area contributed by atoms with Gasteiger partial charge in [0.05, 0.1) is 13.7 Å². The molecular weight excluding hydrogens is 214 g/mol. The summed E-state index contributed by atoms with van der Waals surface area (Å²) in [5.74, 6) is 0.962. The van der Waals surface area contributed by atoms with Gasteiger partial charge in [0.2, 0.25) is 0 Å². The Morgan fingerprint density at radius 3 is 2.94 bits per heavy atom. The van der Waals surface area contributed by atoms with Crippen molar-refractivity contribution in [3.8, 4) is 5.75 Å². The van der Waals surface area contributed by atoms with E-state index in [9.17, 15) is 0 Å². The van der Waals surface area contributed by atoms with Crippen molar-refractivity contribution in [3.05, 3.63) is 29.3 Å². The van der Waals surface area contributed by atoms with Gasteiger partial charge >= 0.3 is 0 Å². The monoisotopic (exact) mass is 235 g/mol. The minimum atomic E-state index is 0.289. The van der Waals surface area contributed by atoms with E-state index in [0.29, 0.717) is 6.04 Å². The van der Waals surface area contributed by atoms with Crippen LogP contribution in [0, 0.1) is 6.92 Å². The average molecular weight is 235 g/mol. The molecule has 1 N–H and O–H groups in total. The maximum Gasteiger partial charge on any atom is 0.123 e. The number of nitrogens with one attached hydrogen (secondary N) is 1. The van der Waals surface area contributed by atoms with Crippen molar-refractivity contribution in [1.29, 1.82) is 0 Å². The first-order chi connectivity index (χ1) is 8.20. The molecule has 1 aromatic carbocycles. The van der Waals surface area contributed by atoms with Crippen molar-refractivity contribution in [2.24, 2.45) is 0 Å². The highest BCUT2D eigenvalue weighted by Crippen LogP contribution is 2.26. The second-order valence-corrected chi connectivity index (χ2v) is 4.69. The third kappa shape index (κ3) is 2.99. The van der Waals surface area contributed by atoms with Gasteiger partial charge in [-0.15, -0.1) is 0 Å². The molecule has 1 aliphatic heterocycles. The molecule has 1 aromatic rings. The van der Waals surface area contributed by atoms with Gasteiger partial charge in [-0.3, -0.25) is 0 Å². The van der Waals surface area contributed by atoms with Gasteiger partial charge in [0.25, 0.3) is 0 Å². The number of methoxy groups -OCH3 is 1. The second kappa shape index (κ2) is 5.52. The number of hydrogen-bond acceptors (Lipinski definition) is 3. The molecule has 0 aromatic heterocycles. The molecule has 2 atom stereocenters. The number of hydrogen-bond donors (Lipinski definition) is 1. The van der Waals surface area contributed by atoms with Gasteiger partial charge in [-0.2, -0.15) is 0 Å². The highest BCUT2D eigenvalue weighted by Gasteiger charge is 2.19. The normalized spacial score (nSPS) is 21.5. The van der Waals surface area contributed by atoms with E-state index < -0.39 is 0 Å². The molecule has 0 amide bonds. The molecule has 0 radical (unpaired) electrons. The van der Waals surface area contributed by atoms with Crippen LogP contribution in [0.1, 0.15) is 30.5 Å². The van der Waals surface area contributed by atoms with Crippen molar-refractivity contribution in [1.82, 2.24) is 5.32 Å². The zero-order valence-corrected chi connectivity index (χ0v) is 10.8. The number of ether oxygens (including phenoxy) is 2. The van der Waals surface area contributed by atoms with Gasteiger partial charge < -0.3 is 14.8 Å². The van der Waals surface area contributed by atoms with Crippen molar-refractivity contribution in [2.45, 2.75) is 32.4 Å². The third-order valence-electron chi connectivity index (χ3n) is 3.27. The van der Waals surface area contributed by atoms with Crippen molar-refractivity contribution < 1.29 is 9.47 Å². The number of rotatable bonds is 4. The summed E-state index contributed by atoms with van der Waals surface area (Å²) in [6, 6.07) is 7.11. The minimum Gasteiger partial charge on any atom is -0.496 e. The van der Waals surface area contributed by atoms with Gasteiger partial charge in [0.1, 0.15) is 5.75 Å². The Labute approximate surface area is 103 Å². The van der Waals surface area contributed by atoms with E-state index >= 15 is 0 Å². The molecule has 17 heavy (non-hydrogen) atoms. The van der Waals surface area contributed by atoms with Crippen LogP contribution in [0.15, 0.2) is 18.2 Å². The zero-order chi connectivity index (χ0) is 12.3. The second-order valence-electron chi connectivity index (χ2n) is 4.69. The van der Waals surface area contributed by atoms with Crippen LogP contribution in [0.3, 0.4) is 0 Å². The van der Waals surface area contributed by atoms with Crippen LogP contribution in [0.5, 0.6) is 5.75 Å².